The number of amides is 1. The Labute approximate surface area is 118 Å². The number of carbonyl (C=O) groups excluding carboxylic acids is 1. The number of aryl methyl sites for hydroxylation is 1. The summed E-state index contributed by atoms with van der Waals surface area (Å²) in [5.74, 6) is -0.319. The van der Waals surface area contributed by atoms with Gasteiger partial charge in [0.2, 0.25) is 5.96 Å². The third-order valence-corrected chi connectivity index (χ3v) is 2.36. The second-order valence-electron chi connectivity index (χ2n) is 4.64. The fourth-order valence-electron chi connectivity index (χ4n) is 1.55. The van der Waals surface area contributed by atoms with Gasteiger partial charge in [0.1, 0.15) is 0 Å². The number of nitrogens with one attached hydrogen (secondary N) is 1. The average Bonchev–Trinajstić information content (AvgIpc) is 2.29. The van der Waals surface area contributed by atoms with Crippen LogP contribution >= 0.6 is 0 Å². The summed E-state index contributed by atoms with van der Waals surface area (Å²) >= 11 is 0. The van der Waals surface area contributed by atoms with Crippen molar-refractivity contribution in [3.05, 3.63) is 29.3 Å². The second-order valence-corrected chi connectivity index (χ2v) is 4.64. The summed E-state index contributed by atoms with van der Waals surface area (Å²) in [5, 5.41) is 2.82. The second kappa shape index (κ2) is 6.55. The molecule has 20 heavy (non-hydrogen) atoms. The number of carbonyl (C=O) groups is 1. The van der Waals surface area contributed by atoms with E-state index in [1.54, 1.807) is 18.2 Å². The van der Waals surface area contributed by atoms with E-state index in [4.69, 9.17) is 17.2 Å². The molecule has 0 radical (unpaired) electrons. The summed E-state index contributed by atoms with van der Waals surface area (Å²) in [6.45, 7) is 5.63. The molecule has 7 heteroatoms. The van der Waals surface area contributed by atoms with E-state index in [-0.39, 0.29) is 23.9 Å². The molecule has 0 saturated heterocycles. The summed E-state index contributed by atoms with van der Waals surface area (Å²) in [4.78, 5) is 19.6. The number of rotatable bonds is 3. The standard InChI is InChI=1S/C13H20N6O/c1-7(2)17-11(20)9-4-5-10(8(3)6-9)18-13(16)19-12(14)15/h4-7H,1-3H3,(H,17,20)(H6,14,15,16,18,19). The number of benzene rings is 1. The van der Waals surface area contributed by atoms with Crippen LogP contribution in [0.4, 0.5) is 5.69 Å². The molecule has 0 aliphatic heterocycles. The van der Waals surface area contributed by atoms with Crippen molar-refractivity contribution in [3.63, 3.8) is 0 Å². The zero-order valence-corrected chi connectivity index (χ0v) is 11.8. The van der Waals surface area contributed by atoms with Gasteiger partial charge in [-0.3, -0.25) is 4.79 Å². The molecule has 0 atom stereocenters. The Morgan fingerprint density at radius 3 is 2.40 bits per heavy atom. The van der Waals surface area contributed by atoms with Crippen LogP contribution in [0.5, 0.6) is 0 Å². The average molecular weight is 276 g/mol. The number of hydrogen-bond donors (Lipinski definition) is 4. The molecule has 0 aliphatic rings. The lowest BCUT2D eigenvalue weighted by Crippen LogP contribution is -2.30. The van der Waals surface area contributed by atoms with E-state index in [9.17, 15) is 4.79 Å². The summed E-state index contributed by atoms with van der Waals surface area (Å²) in [6, 6.07) is 5.18. The number of nitrogens with zero attached hydrogens (tertiary/aromatic N) is 2. The highest BCUT2D eigenvalue weighted by Gasteiger charge is 2.08. The highest BCUT2D eigenvalue weighted by atomic mass is 16.1. The van der Waals surface area contributed by atoms with Gasteiger partial charge in [-0.15, -0.1) is 0 Å². The Balaban J connectivity index is 3.00. The van der Waals surface area contributed by atoms with Crippen molar-refractivity contribution in [3.8, 4) is 0 Å². The number of aliphatic imine (C=N–C) groups is 2. The minimum Gasteiger partial charge on any atom is -0.370 e. The predicted octanol–water partition coefficient (Wildman–Crippen LogP) is 0.353. The SMILES string of the molecule is Cc1cc(C(=O)NC(C)C)ccc1N=C(N)N=C(N)N. The summed E-state index contributed by atoms with van der Waals surface area (Å²) in [5.41, 5.74) is 18.0. The molecule has 108 valence electrons. The van der Waals surface area contributed by atoms with Crippen molar-refractivity contribution in [1.82, 2.24) is 5.32 Å². The Hall–Kier alpha value is -2.57. The maximum absolute atomic E-state index is 11.9. The summed E-state index contributed by atoms with van der Waals surface area (Å²) < 4.78 is 0. The molecule has 0 fully saturated rings. The van der Waals surface area contributed by atoms with Crippen LogP contribution < -0.4 is 22.5 Å². The molecule has 0 aromatic heterocycles. The Bertz CT molecular complexity index is 558. The molecule has 1 aromatic carbocycles. The molecule has 7 nitrogen and oxygen atoms in total. The van der Waals surface area contributed by atoms with E-state index in [1.807, 2.05) is 20.8 Å². The molecule has 1 amide bonds. The lowest BCUT2D eigenvalue weighted by Gasteiger charge is -2.09. The van der Waals surface area contributed by atoms with Crippen LogP contribution in [0.25, 0.3) is 0 Å². The van der Waals surface area contributed by atoms with Crippen LogP contribution in [0.2, 0.25) is 0 Å². The molecular formula is C13H20N6O. The van der Waals surface area contributed by atoms with Gasteiger partial charge in [0.15, 0.2) is 5.96 Å². The van der Waals surface area contributed by atoms with Crippen LogP contribution in [0, 0.1) is 6.92 Å². The van der Waals surface area contributed by atoms with E-state index >= 15 is 0 Å². The zero-order valence-electron chi connectivity index (χ0n) is 11.8. The number of nitrogens with two attached hydrogens (primary N) is 3. The minimum atomic E-state index is -0.156. The summed E-state index contributed by atoms with van der Waals surface area (Å²) in [7, 11) is 0. The van der Waals surface area contributed by atoms with Crippen LogP contribution in [-0.2, 0) is 0 Å². The van der Waals surface area contributed by atoms with Gasteiger partial charge >= 0.3 is 0 Å². The van der Waals surface area contributed by atoms with Crippen LogP contribution in [-0.4, -0.2) is 23.9 Å². The van der Waals surface area contributed by atoms with Gasteiger partial charge < -0.3 is 22.5 Å². The van der Waals surface area contributed by atoms with Crippen LogP contribution in [0.1, 0.15) is 29.8 Å². The largest absolute Gasteiger partial charge is 0.370 e. The van der Waals surface area contributed by atoms with E-state index in [1.165, 1.54) is 0 Å². The predicted molar refractivity (Wildman–Crippen MR) is 80.9 cm³/mol. The van der Waals surface area contributed by atoms with Crippen molar-refractivity contribution in [1.29, 1.82) is 0 Å². The molecule has 0 unspecified atom stereocenters. The van der Waals surface area contributed by atoms with Crippen LogP contribution in [0.15, 0.2) is 28.2 Å². The van der Waals surface area contributed by atoms with Gasteiger partial charge in [-0.25, -0.2) is 4.99 Å². The van der Waals surface area contributed by atoms with Gasteiger partial charge in [-0.05, 0) is 44.5 Å². The number of hydrogen-bond acceptors (Lipinski definition) is 2. The van der Waals surface area contributed by atoms with Crippen molar-refractivity contribution in [2.75, 3.05) is 0 Å². The van der Waals surface area contributed by atoms with Gasteiger partial charge in [0.05, 0.1) is 5.69 Å². The highest BCUT2D eigenvalue weighted by molar-refractivity contribution is 5.96. The topological polar surface area (TPSA) is 132 Å². The van der Waals surface area contributed by atoms with Gasteiger partial charge in [-0.2, -0.15) is 4.99 Å². The van der Waals surface area contributed by atoms with Crippen molar-refractivity contribution in [2.24, 2.45) is 27.2 Å². The minimum absolute atomic E-state index is 0.0347. The molecule has 1 rings (SSSR count). The molecule has 0 heterocycles. The first-order valence-corrected chi connectivity index (χ1v) is 6.15. The highest BCUT2D eigenvalue weighted by Crippen LogP contribution is 2.19. The van der Waals surface area contributed by atoms with Crippen LogP contribution in [0.3, 0.4) is 0 Å². The van der Waals surface area contributed by atoms with Gasteiger partial charge in [0, 0.05) is 11.6 Å². The van der Waals surface area contributed by atoms with E-state index in [2.05, 4.69) is 15.3 Å². The molecule has 7 N–H and O–H groups in total. The normalized spacial score (nSPS) is 11.3. The first-order valence-electron chi connectivity index (χ1n) is 6.15. The van der Waals surface area contributed by atoms with Crippen molar-refractivity contribution in [2.45, 2.75) is 26.8 Å². The Morgan fingerprint density at radius 1 is 1.25 bits per heavy atom. The first kappa shape index (κ1) is 15.5. The molecule has 1 aromatic rings. The fourth-order valence-corrected chi connectivity index (χ4v) is 1.55. The Morgan fingerprint density at radius 2 is 1.90 bits per heavy atom. The van der Waals surface area contributed by atoms with Crippen molar-refractivity contribution >= 4 is 23.5 Å². The van der Waals surface area contributed by atoms with Crippen molar-refractivity contribution < 1.29 is 4.79 Å². The van der Waals surface area contributed by atoms with Gasteiger partial charge in [-0.1, -0.05) is 0 Å². The molecule has 0 aliphatic carbocycles. The van der Waals surface area contributed by atoms with Gasteiger partial charge in [0.25, 0.3) is 5.91 Å². The maximum Gasteiger partial charge on any atom is 0.251 e. The van der Waals surface area contributed by atoms with E-state index < -0.39 is 0 Å². The first-order chi connectivity index (χ1) is 9.29. The molecule has 0 spiro atoms. The smallest absolute Gasteiger partial charge is 0.251 e. The molecule has 0 bridgehead atoms. The Kier molecular flexibility index (Phi) is 5.08. The third-order valence-electron chi connectivity index (χ3n) is 2.36. The third kappa shape index (κ3) is 4.60. The lowest BCUT2D eigenvalue weighted by molar-refractivity contribution is 0.0943. The maximum atomic E-state index is 11.9. The monoisotopic (exact) mass is 276 g/mol. The quantitative estimate of drug-likeness (QED) is 0.468. The zero-order chi connectivity index (χ0) is 15.3. The van der Waals surface area contributed by atoms with E-state index in [0.717, 1.165) is 5.56 Å². The lowest BCUT2D eigenvalue weighted by atomic mass is 10.1. The molecule has 0 saturated carbocycles. The van der Waals surface area contributed by atoms with E-state index in [0.29, 0.717) is 11.3 Å². The summed E-state index contributed by atoms with van der Waals surface area (Å²) in [6.07, 6.45) is 0. The fraction of sp³-hybridized carbons (Fsp3) is 0.308. The molecular weight excluding hydrogens is 256 g/mol. The number of guanidine groups is 2.